The van der Waals surface area contributed by atoms with Gasteiger partial charge in [-0.1, -0.05) is 43.8 Å². The highest BCUT2D eigenvalue weighted by Gasteiger charge is 2.03. The second kappa shape index (κ2) is 11.6. The molecule has 1 aromatic carbocycles. The first-order chi connectivity index (χ1) is 9.13. The molecule has 0 heterocycles. The van der Waals surface area contributed by atoms with E-state index < -0.39 is 0 Å². The van der Waals surface area contributed by atoms with Gasteiger partial charge in [-0.2, -0.15) is 0 Å². The molecule has 0 aliphatic heterocycles. The Bertz CT molecular complexity index is 394. The third-order valence-corrected chi connectivity index (χ3v) is 5.26. The topological polar surface area (TPSA) is 6.48 Å². The third kappa shape index (κ3) is 8.29. The van der Waals surface area contributed by atoms with Gasteiger partial charge in [-0.05, 0) is 54.2 Å². The van der Waals surface area contributed by atoms with Crippen LogP contribution in [-0.4, -0.2) is 36.9 Å². The van der Waals surface area contributed by atoms with Crippen molar-refractivity contribution in [2.45, 2.75) is 26.8 Å². The van der Waals surface area contributed by atoms with Gasteiger partial charge in [0.2, 0.25) is 0 Å². The maximum absolute atomic E-state index is 2.32. The summed E-state index contributed by atoms with van der Waals surface area (Å²) in [6.07, 6.45) is 6.73. The van der Waals surface area contributed by atoms with Crippen LogP contribution in [0.25, 0.3) is 0 Å². The molecule has 2 nitrogen and oxygen atoms in total. The van der Waals surface area contributed by atoms with E-state index in [4.69, 9.17) is 0 Å². The van der Waals surface area contributed by atoms with Crippen LogP contribution < -0.4 is 0 Å². The minimum Gasteiger partial charge on any atom is -0.309 e. The molecule has 0 spiro atoms. The van der Waals surface area contributed by atoms with E-state index in [1.165, 1.54) is 11.1 Å². The lowest BCUT2D eigenvalue weighted by Gasteiger charge is -2.14. The van der Waals surface area contributed by atoms with E-state index in [-0.39, 0.29) is 7.43 Å². The van der Waals surface area contributed by atoms with Crippen molar-refractivity contribution in [2.24, 2.45) is 0 Å². The predicted octanol–water partition coefficient (Wildman–Crippen LogP) is 4.80. The first kappa shape index (κ1) is 20.0. The number of hydrogen-bond acceptors (Lipinski definition) is 3. The van der Waals surface area contributed by atoms with E-state index in [1.807, 2.05) is 0 Å². The van der Waals surface area contributed by atoms with Gasteiger partial charge in [0, 0.05) is 34.3 Å². The van der Waals surface area contributed by atoms with Crippen LogP contribution >= 0.6 is 30.3 Å². The van der Waals surface area contributed by atoms with E-state index in [9.17, 15) is 0 Å². The Kier molecular flexibility index (Phi) is 11.6. The van der Waals surface area contributed by atoms with Crippen LogP contribution in [0.2, 0.25) is 0 Å². The van der Waals surface area contributed by atoms with Gasteiger partial charge >= 0.3 is 0 Å². The fourth-order valence-corrected chi connectivity index (χ4v) is 2.44. The van der Waals surface area contributed by atoms with Gasteiger partial charge in [0.1, 0.15) is 0 Å². The Hall–Kier alpha value is -0.0400. The van der Waals surface area contributed by atoms with E-state index in [2.05, 4.69) is 88.0 Å². The summed E-state index contributed by atoms with van der Waals surface area (Å²) < 4.78 is 2.25. The summed E-state index contributed by atoms with van der Waals surface area (Å²) in [5.41, 5.74) is 2.85. The lowest BCUT2D eigenvalue weighted by molar-refractivity contribution is 0.417. The van der Waals surface area contributed by atoms with Crippen molar-refractivity contribution < 1.29 is 0 Å². The molecule has 114 valence electrons. The van der Waals surface area contributed by atoms with Crippen LogP contribution in [-0.2, 0) is 13.0 Å². The second-order valence-electron chi connectivity index (χ2n) is 4.89. The number of benzene rings is 1. The van der Waals surface area contributed by atoms with Crippen LogP contribution in [0, 0.1) is 0 Å². The monoisotopic (exact) mass is 406 g/mol. The third-order valence-electron chi connectivity index (χ3n) is 2.88. The molecule has 0 amide bonds. The average molecular weight is 406 g/mol. The molecule has 1 aromatic rings. The van der Waals surface area contributed by atoms with Crippen molar-refractivity contribution in [2.75, 3.05) is 27.7 Å². The van der Waals surface area contributed by atoms with Crippen molar-refractivity contribution in [1.82, 2.24) is 9.21 Å². The van der Waals surface area contributed by atoms with Crippen molar-refractivity contribution in [1.29, 1.82) is 0 Å². The summed E-state index contributed by atoms with van der Waals surface area (Å²) in [7, 11) is 8.09. The molecule has 0 fully saturated rings. The Morgan fingerprint density at radius 3 is 2.35 bits per heavy atom. The smallest absolute Gasteiger partial charge is 0.0347 e. The zero-order chi connectivity index (χ0) is 14.1. The quantitative estimate of drug-likeness (QED) is 0.348. The Labute approximate surface area is 141 Å². The van der Waals surface area contributed by atoms with E-state index in [0.717, 1.165) is 25.9 Å². The minimum absolute atomic E-state index is 0. The SMILES string of the molecule is C.CN(C)CC/C=C\Cc1ccccc1CN(C)SI. The Balaban J connectivity index is 0.00000361. The van der Waals surface area contributed by atoms with Crippen LogP contribution in [0.15, 0.2) is 36.4 Å². The summed E-state index contributed by atoms with van der Waals surface area (Å²) in [5, 5.41) is 0. The van der Waals surface area contributed by atoms with Gasteiger partial charge in [0.15, 0.2) is 0 Å². The molecular weight excluding hydrogens is 379 g/mol. The molecule has 0 N–H and O–H groups in total. The molecule has 1 rings (SSSR count). The Morgan fingerprint density at radius 1 is 1.10 bits per heavy atom. The van der Waals surface area contributed by atoms with Crippen molar-refractivity contribution in [3.05, 3.63) is 47.5 Å². The second-order valence-corrected chi connectivity index (χ2v) is 6.83. The summed E-state index contributed by atoms with van der Waals surface area (Å²) in [6.45, 7) is 2.11. The molecule has 0 unspecified atom stereocenters. The molecule has 0 bridgehead atoms. The van der Waals surface area contributed by atoms with Gasteiger partial charge in [0.05, 0.1) is 0 Å². The first-order valence-electron chi connectivity index (χ1n) is 6.50. The molecular formula is C16H27IN2S. The fraction of sp³-hybridized carbons (Fsp3) is 0.500. The maximum Gasteiger partial charge on any atom is 0.0347 e. The summed E-state index contributed by atoms with van der Waals surface area (Å²) >= 11 is 2.32. The zero-order valence-electron chi connectivity index (χ0n) is 12.0. The molecule has 20 heavy (non-hydrogen) atoms. The number of rotatable bonds is 8. The average Bonchev–Trinajstić information content (AvgIpc) is 2.39. The van der Waals surface area contributed by atoms with Crippen molar-refractivity contribution >= 4 is 30.3 Å². The first-order valence-corrected chi connectivity index (χ1v) is 9.81. The van der Waals surface area contributed by atoms with Gasteiger partial charge in [-0.15, -0.1) is 0 Å². The molecule has 0 aromatic heterocycles. The van der Waals surface area contributed by atoms with Crippen LogP contribution in [0.5, 0.6) is 0 Å². The molecule has 0 saturated heterocycles. The van der Waals surface area contributed by atoms with Crippen molar-refractivity contribution in [3.8, 4) is 0 Å². The van der Waals surface area contributed by atoms with Gasteiger partial charge in [-0.25, -0.2) is 4.31 Å². The molecule has 0 aliphatic rings. The highest BCUT2D eigenvalue weighted by molar-refractivity contribution is 14.2. The van der Waals surface area contributed by atoms with Gasteiger partial charge < -0.3 is 4.90 Å². The highest BCUT2D eigenvalue weighted by atomic mass is 127. The molecule has 0 atom stereocenters. The molecule has 0 radical (unpaired) electrons. The lowest BCUT2D eigenvalue weighted by atomic mass is 10.0. The van der Waals surface area contributed by atoms with E-state index in [1.54, 1.807) is 9.12 Å². The summed E-state index contributed by atoms with van der Waals surface area (Å²) in [4.78, 5) is 2.21. The molecule has 4 heteroatoms. The van der Waals surface area contributed by atoms with Crippen LogP contribution in [0.1, 0.15) is 25.0 Å². The highest BCUT2D eigenvalue weighted by Crippen LogP contribution is 2.21. The molecule has 0 saturated carbocycles. The fourth-order valence-electron chi connectivity index (χ4n) is 1.84. The standard InChI is InChI=1S/C15H23IN2S.CH4/c1-17(2)12-8-4-5-9-14-10-6-7-11-15(14)13-18(3)19-16;/h4-7,10-11H,8-9,12-13H2,1-3H3;1H4/b5-4-;. The van der Waals surface area contributed by atoms with Crippen LogP contribution in [0.4, 0.5) is 0 Å². The maximum atomic E-state index is 2.32. The molecule has 0 aliphatic carbocycles. The normalized spacial score (nSPS) is 11.3. The number of hydrogen-bond donors (Lipinski definition) is 0. The largest absolute Gasteiger partial charge is 0.309 e. The van der Waals surface area contributed by atoms with Gasteiger partial charge in [-0.3, -0.25) is 0 Å². The number of allylic oxidation sites excluding steroid dienone is 1. The van der Waals surface area contributed by atoms with Crippen molar-refractivity contribution in [3.63, 3.8) is 0 Å². The summed E-state index contributed by atoms with van der Waals surface area (Å²) in [5.74, 6) is 0. The zero-order valence-corrected chi connectivity index (χ0v) is 14.9. The van der Waals surface area contributed by atoms with E-state index >= 15 is 0 Å². The lowest BCUT2D eigenvalue weighted by Crippen LogP contribution is -2.11. The minimum atomic E-state index is 0. The summed E-state index contributed by atoms with van der Waals surface area (Å²) in [6, 6.07) is 8.72. The Morgan fingerprint density at radius 2 is 1.75 bits per heavy atom. The number of nitrogens with zero attached hydrogens (tertiary/aromatic N) is 2. The number of halogens is 1. The van der Waals surface area contributed by atoms with E-state index in [0.29, 0.717) is 0 Å². The van der Waals surface area contributed by atoms with Gasteiger partial charge in [0.25, 0.3) is 0 Å². The predicted molar refractivity (Wildman–Crippen MR) is 102 cm³/mol. The van der Waals surface area contributed by atoms with Crippen LogP contribution in [0.3, 0.4) is 0 Å².